The lowest BCUT2D eigenvalue weighted by Crippen LogP contribution is -2.30. The molecule has 0 spiro atoms. The molecule has 0 saturated heterocycles. The number of aliphatic hydroxyl groups is 1. The molecule has 1 saturated carbocycles. The van der Waals surface area contributed by atoms with Crippen molar-refractivity contribution in [1.82, 2.24) is 0 Å². The maximum absolute atomic E-state index is 11.0. The average molecular weight is 321 g/mol. The van der Waals surface area contributed by atoms with Gasteiger partial charge in [0.05, 0.1) is 16.1 Å². The van der Waals surface area contributed by atoms with E-state index < -0.39 is 6.10 Å². The summed E-state index contributed by atoms with van der Waals surface area (Å²) in [5.74, 6) is 0. The van der Waals surface area contributed by atoms with Gasteiger partial charge in [0, 0.05) is 5.41 Å². The molecular weight excluding hydrogens is 303 g/mol. The Bertz CT molecular complexity index is 618. The van der Waals surface area contributed by atoms with Crippen molar-refractivity contribution in [2.45, 2.75) is 37.2 Å². The third-order valence-corrected chi connectivity index (χ3v) is 5.37. The second kappa shape index (κ2) is 6.00. The molecule has 2 aromatic carbocycles. The molecule has 21 heavy (non-hydrogen) atoms. The highest BCUT2D eigenvalue weighted by Crippen LogP contribution is 2.50. The molecule has 3 heteroatoms. The van der Waals surface area contributed by atoms with Crippen molar-refractivity contribution in [2.75, 3.05) is 0 Å². The molecule has 0 amide bonds. The first-order chi connectivity index (χ1) is 10.1. The molecule has 0 bridgehead atoms. The van der Waals surface area contributed by atoms with E-state index in [1.54, 1.807) is 12.1 Å². The van der Waals surface area contributed by atoms with Gasteiger partial charge in [0.2, 0.25) is 0 Å². The molecule has 1 unspecified atom stereocenters. The minimum atomic E-state index is -0.558. The van der Waals surface area contributed by atoms with E-state index in [2.05, 4.69) is 12.1 Å². The van der Waals surface area contributed by atoms with Gasteiger partial charge >= 0.3 is 0 Å². The van der Waals surface area contributed by atoms with Crippen molar-refractivity contribution >= 4 is 23.2 Å². The zero-order valence-corrected chi connectivity index (χ0v) is 13.2. The summed E-state index contributed by atoms with van der Waals surface area (Å²) in [5.41, 5.74) is 1.84. The molecule has 0 aromatic heterocycles. The van der Waals surface area contributed by atoms with Gasteiger partial charge in [-0.3, -0.25) is 0 Å². The molecule has 1 N–H and O–H groups in total. The van der Waals surface area contributed by atoms with E-state index in [9.17, 15) is 5.11 Å². The van der Waals surface area contributed by atoms with Crippen LogP contribution in [0.4, 0.5) is 0 Å². The normalized spacial score (nSPS) is 18.6. The number of aliphatic hydroxyl groups excluding tert-OH is 1. The Morgan fingerprint density at radius 2 is 1.57 bits per heavy atom. The predicted octanol–water partition coefficient (Wildman–Crippen LogP) is 5.54. The number of benzene rings is 2. The van der Waals surface area contributed by atoms with Crippen LogP contribution in [0.25, 0.3) is 0 Å². The lowest BCUT2D eigenvalue weighted by molar-refractivity contribution is 0.0822. The Kier molecular flexibility index (Phi) is 4.26. The van der Waals surface area contributed by atoms with Gasteiger partial charge in [-0.25, -0.2) is 0 Å². The van der Waals surface area contributed by atoms with Crippen molar-refractivity contribution in [2.24, 2.45) is 0 Å². The van der Waals surface area contributed by atoms with E-state index in [0.717, 1.165) is 31.2 Å². The minimum absolute atomic E-state index is 0.210. The standard InChI is InChI=1S/C18H18Cl2O/c19-15-9-8-13(12-16(15)20)17(21)18(10-4-5-11-18)14-6-2-1-3-7-14/h1-3,6-9,12,17,21H,4-5,10-11H2. The second-order valence-electron chi connectivity index (χ2n) is 5.81. The molecule has 0 radical (unpaired) electrons. The number of halogens is 2. The predicted molar refractivity (Wildman–Crippen MR) is 88.0 cm³/mol. The zero-order valence-electron chi connectivity index (χ0n) is 11.7. The van der Waals surface area contributed by atoms with E-state index in [1.807, 2.05) is 24.3 Å². The smallest absolute Gasteiger partial charge is 0.0887 e. The fraction of sp³-hybridized carbons (Fsp3) is 0.333. The largest absolute Gasteiger partial charge is 0.387 e. The number of hydrogen-bond donors (Lipinski definition) is 1. The SMILES string of the molecule is OC(c1ccc(Cl)c(Cl)c1)C1(c2ccccc2)CCCC1. The first kappa shape index (κ1) is 14.9. The van der Waals surface area contributed by atoms with Crippen LogP contribution in [0.5, 0.6) is 0 Å². The minimum Gasteiger partial charge on any atom is -0.387 e. The summed E-state index contributed by atoms with van der Waals surface area (Å²) in [5, 5.41) is 12.1. The number of hydrogen-bond acceptors (Lipinski definition) is 1. The summed E-state index contributed by atoms with van der Waals surface area (Å²) in [7, 11) is 0. The van der Waals surface area contributed by atoms with E-state index in [0.29, 0.717) is 10.0 Å². The summed E-state index contributed by atoms with van der Waals surface area (Å²) >= 11 is 12.1. The Morgan fingerprint density at radius 3 is 2.19 bits per heavy atom. The lowest BCUT2D eigenvalue weighted by Gasteiger charge is -2.35. The first-order valence-corrected chi connectivity index (χ1v) is 8.08. The first-order valence-electron chi connectivity index (χ1n) is 7.32. The van der Waals surface area contributed by atoms with Crippen LogP contribution in [-0.2, 0) is 5.41 Å². The summed E-state index contributed by atoms with van der Waals surface area (Å²) in [6.45, 7) is 0. The van der Waals surface area contributed by atoms with Gasteiger partial charge in [-0.15, -0.1) is 0 Å². The molecule has 1 atom stereocenters. The third-order valence-electron chi connectivity index (χ3n) is 4.63. The summed E-state index contributed by atoms with van der Waals surface area (Å²) in [6, 6.07) is 15.7. The average Bonchev–Trinajstić information content (AvgIpc) is 3.01. The quantitative estimate of drug-likeness (QED) is 0.787. The van der Waals surface area contributed by atoms with Gasteiger partial charge in [-0.05, 0) is 36.1 Å². The van der Waals surface area contributed by atoms with Crippen molar-refractivity contribution < 1.29 is 5.11 Å². The molecule has 3 rings (SSSR count). The highest BCUT2D eigenvalue weighted by molar-refractivity contribution is 6.42. The highest BCUT2D eigenvalue weighted by Gasteiger charge is 2.42. The molecular formula is C18H18Cl2O. The fourth-order valence-corrected chi connectivity index (χ4v) is 3.80. The van der Waals surface area contributed by atoms with Gasteiger partial charge < -0.3 is 5.11 Å². The van der Waals surface area contributed by atoms with Gasteiger partial charge in [0.15, 0.2) is 0 Å². The van der Waals surface area contributed by atoms with Crippen molar-refractivity contribution in [3.05, 3.63) is 69.7 Å². The van der Waals surface area contributed by atoms with Crippen LogP contribution in [-0.4, -0.2) is 5.11 Å². The van der Waals surface area contributed by atoms with Crippen LogP contribution < -0.4 is 0 Å². The zero-order chi connectivity index (χ0) is 14.9. The van der Waals surface area contributed by atoms with Crippen LogP contribution in [0.3, 0.4) is 0 Å². The summed E-state index contributed by atoms with van der Waals surface area (Å²) < 4.78 is 0. The van der Waals surface area contributed by atoms with Crippen LogP contribution in [0, 0.1) is 0 Å². The van der Waals surface area contributed by atoms with Crippen LogP contribution in [0.15, 0.2) is 48.5 Å². The van der Waals surface area contributed by atoms with Crippen LogP contribution >= 0.6 is 23.2 Å². The van der Waals surface area contributed by atoms with Crippen molar-refractivity contribution in [1.29, 1.82) is 0 Å². The van der Waals surface area contributed by atoms with Gasteiger partial charge in [0.25, 0.3) is 0 Å². The summed E-state index contributed by atoms with van der Waals surface area (Å²) in [4.78, 5) is 0. The Hall–Kier alpha value is -1.02. The van der Waals surface area contributed by atoms with Crippen LogP contribution in [0.2, 0.25) is 10.0 Å². The number of rotatable bonds is 3. The van der Waals surface area contributed by atoms with E-state index in [-0.39, 0.29) is 5.41 Å². The molecule has 1 nitrogen and oxygen atoms in total. The van der Waals surface area contributed by atoms with Crippen molar-refractivity contribution in [3.8, 4) is 0 Å². The van der Waals surface area contributed by atoms with Gasteiger partial charge in [-0.2, -0.15) is 0 Å². The summed E-state index contributed by atoms with van der Waals surface area (Å²) in [6.07, 6.45) is 3.73. The Labute approximate surface area is 135 Å². The fourth-order valence-electron chi connectivity index (χ4n) is 3.50. The van der Waals surface area contributed by atoms with E-state index in [4.69, 9.17) is 23.2 Å². The Morgan fingerprint density at radius 1 is 0.905 bits per heavy atom. The molecule has 2 aromatic rings. The monoisotopic (exact) mass is 320 g/mol. The van der Waals surface area contributed by atoms with Crippen molar-refractivity contribution in [3.63, 3.8) is 0 Å². The third kappa shape index (κ3) is 2.70. The second-order valence-corrected chi connectivity index (χ2v) is 6.62. The van der Waals surface area contributed by atoms with Gasteiger partial charge in [-0.1, -0.05) is 72.4 Å². The molecule has 110 valence electrons. The molecule has 1 aliphatic rings. The molecule has 0 aliphatic heterocycles. The van der Waals surface area contributed by atoms with E-state index in [1.165, 1.54) is 5.56 Å². The van der Waals surface area contributed by atoms with E-state index >= 15 is 0 Å². The maximum Gasteiger partial charge on any atom is 0.0887 e. The Balaban J connectivity index is 2.03. The molecule has 1 aliphatic carbocycles. The topological polar surface area (TPSA) is 20.2 Å². The highest BCUT2D eigenvalue weighted by atomic mass is 35.5. The lowest BCUT2D eigenvalue weighted by atomic mass is 9.72. The molecule has 1 fully saturated rings. The van der Waals surface area contributed by atoms with Gasteiger partial charge in [0.1, 0.15) is 0 Å². The van der Waals surface area contributed by atoms with Crippen LogP contribution in [0.1, 0.15) is 42.9 Å². The molecule has 0 heterocycles. The maximum atomic E-state index is 11.0.